The Kier molecular flexibility index (Phi) is 14.9. The maximum Gasteiger partial charge on any atom is 0.345 e. The van der Waals surface area contributed by atoms with Crippen LogP contribution >= 0.6 is 35.1 Å². The molecule has 0 aliphatic rings. The third-order valence-electron chi connectivity index (χ3n) is 2.33. The van der Waals surface area contributed by atoms with Crippen LogP contribution in [-0.2, 0) is 9.68 Å². The van der Waals surface area contributed by atoms with E-state index < -0.39 is 11.1 Å². The highest BCUT2D eigenvalue weighted by Gasteiger charge is 2.13. The number of carboxylic acid groups (broad SMARTS) is 1. The van der Waals surface area contributed by atoms with Crippen LogP contribution in [0.2, 0.25) is 0 Å². The molecule has 0 spiro atoms. The monoisotopic (exact) mass is 432 g/mol. The Bertz CT molecular complexity index is 667. The number of hydrogen-bond donors (Lipinski definition) is 2. The predicted octanol–water partition coefficient (Wildman–Crippen LogP) is 3.30. The summed E-state index contributed by atoms with van der Waals surface area (Å²) in [5.41, 5.74) is 2.43. The summed E-state index contributed by atoms with van der Waals surface area (Å²) in [6.07, 6.45) is 0. The maximum atomic E-state index is 12.5. The molecule has 2 aromatic rings. The fourth-order valence-corrected chi connectivity index (χ4v) is 2.36. The topological polar surface area (TPSA) is 88.1 Å². The van der Waals surface area contributed by atoms with Gasteiger partial charge >= 0.3 is 5.97 Å². The van der Waals surface area contributed by atoms with Crippen LogP contribution in [0.5, 0.6) is 0 Å². The van der Waals surface area contributed by atoms with Crippen molar-refractivity contribution in [2.24, 2.45) is 0 Å². The van der Waals surface area contributed by atoms with Crippen molar-refractivity contribution < 1.29 is 33.2 Å². The zero-order valence-electron chi connectivity index (χ0n) is 14.3. The predicted molar refractivity (Wildman–Crippen MR) is 97.9 cm³/mol. The molecule has 26 heavy (non-hydrogen) atoms. The lowest BCUT2D eigenvalue weighted by Crippen LogP contribution is -2.24. The molecule has 2 heterocycles. The van der Waals surface area contributed by atoms with Crippen molar-refractivity contribution in [1.82, 2.24) is 10.5 Å². The zero-order valence-corrected chi connectivity index (χ0v) is 16.8. The number of carboxylic acids is 1. The highest BCUT2D eigenvalue weighted by atomic mass is 35.5. The molecule has 0 aliphatic carbocycles. The van der Waals surface area contributed by atoms with Gasteiger partial charge in [-0.25, -0.2) is 15.3 Å². The van der Waals surface area contributed by atoms with Crippen LogP contribution in [0.4, 0.5) is 8.78 Å². The maximum absolute atomic E-state index is 12.5. The number of aromatic carboxylic acids is 1. The Labute approximate surface area is 163 Å². The van der Waals surface area contributed by atoms with Crippen molar-refractivity contribution in [2.45, 2.75) is 0 Å². The van der Waals surface area contributed by atoms with E-state index in [1.54, 1.807) is 14.2 Å². The van der Waals surface area contributed by atoms with Crippen molar-refractivity contribution in [2.75, 3.05) is 28.3 Å². The van der Waals surface area contributed by atoms with E-state index in [0.29, 0.717) is 16.2 Å². The van der Waals surface area contributed by atoms with Gasteiger partial charge in [0.15, 0.2) is 10.3 Å². The number of rotatable bonds is 4. The van der Waals surface area contributed by atoms with Crippen LogP contribution in [0.3, 0.4) is 0 Å². The summed E-state index contributed by atoms with van der Waals surface area (Å²) in [7, 11) is 6.13. The van der Waals surface area contributed by atoms with Gasteiger partial charge in [0, 0.05) is 14.1 Å². The van der Waals surface area contributed by atoms with Gasteiger partial charge in [-0.05, 0) is 24.3 Å². The van der Waals surface area contributed by atoms with E-state index in [0.717, 1.165) is 22.5 Å². The lowest BCUT2D eigenvalue weighted by atomic mass is 10.4. The molecule has 0 atom stereocenters. The van der Waals surface area contributed by atoms with Gasteiger partial charge in [-0.3, -0.25) is 9.63 Å². The van der Waals surface area contributed by atoms with Crippen molar-refractivity contribution in [3.05, 3.63) is 44.3 Å². The van der Waals surface area contributed by atoms with Crippen LogP contribution in [0, 0.1) is 10.3 Å². The molecule has 0 saturated heterocycles. The molecular formula is C14H19ClF2N2O5S2. The number of halogens is 3. The van der Waals surface area contributed by atoms with E-state index in [4.69, 9.17) is 5.11 Å². The summed E-state index contributed by atoms with van der Waals surface area (Å²) >= 11 is 1.43. The van der Waals surface area contributed by atoms with Crippen LogP contribution in [0.25, 0.3) is 0 Å². The summed E-state index contributed by atoms with van der Waals surface area (Å²) in [5.74, 6) is -1.42. The van der Waals surface area contributed by atoms with Gasteiger partial charge in [-0.15, -0.1) is 23.7 Å². The summed E-state index contributed by atoms with van der Waals surface area (Å²) in [4.78, 5) is 30.6. The van der Waals surface area contributed by atoms with Crippen molar-refractivity contribution in [3.63, 3.8) is 0 Å². The fraction of sp³-hybridized carbons (Fsp3) is 0.286. The van der Waals surface area contributed by atoms with E-state index in [9.17, 15) is 18.4 Å². The minimum atomic E-state index is -1.08. The van der Waals surface area contributed by atoms with E-state index in [-0.39, 0.29) is 28.3 Å². The molecule has 2 aromatic heterocycles. The van der Waals surface area contributed by atoms with Crippen LogP contribution in [-0.4, -0.2) is 50.4 Å². The van der Waals surface area contributed by atoms with Gasteiger partial charge < -0.3 is 9.94 Å². The second-order valence-electron chi connectivity index (χ2n) is 3.91. The molecule has 0 saturated carbocycles. The molecule has 0 bridgehead atoms. The molecule has 0 aromatic carbocycles. The number of nitrogens with zero attached hydrogens (tertiary/aromatic N) is 1. The van der Waals surface area contributed by atoms with Crippen molar-refractivity contribution in [1.29, 1.82) is 0 Å². The Balaban J connectivity index is 0. The lowest BCUT2D eigenvalue weighted by Gasteiger charge is -2.11. The van der Waals surface area contributed by atoms with Crippen molar-refractivity contribution in [3.8, 4) is 0 Å². The Morgan fingerprint density at radius 3 is 1.73 bits per heavy atom. The molecule has 0 aliphatic heterocycles. The van der Waals surface area contributed by atoms with Gasteiger partial charge in [0.25, 0.3) is 5.91 Å². The second-order valence-corrected chi connectivity index (χ2v) is 5.97. The van der Waals surface area contributed by atoms with E-state index >= 15 is 0 Å². The number of hydroxylamine groups is 3. The molecular weight excluding hydrogens is 414 g/mol. The van der Waals surface area contributed by atoms with Crippen LogP contribution < -0.4 is 5.48 Å². The molecule has 2 rings (SSSR count). The van der Waals surface area contributed by atoms with E-state index in [2.05, 4.69) is 15.2 Å². The number of carbonyl (C=O) groups is 2. The second kappa shape index (κ2) is 14.5. The first-order valence-corrected chi connectivity index (χ1v) is 8.15. The number of carbonyl (C=O) groups excluding carboxylic acids is 1. The average Bonchev–Trinajstić information content (AvgIpc) is 3.22. The normalized spacial score (nSPS) is 9.00. The first-order valence-electron chi connectivity index (χ1n) is 6.52. The fourth-order valence-electron chi connectivity index (χ4n) is 1.10. The minimum absolute atomic E-state index is 0. The van der Waals surface area contributed by atoms with Crippen LogP contribution in [0.15, 0.2) is 24.3 Å². The van der Waals surface area contributed by atoms with Crippen LogP contribution in [0.1, 0.15) is 19.3 Å². The van der Waals surface area contributed by atoms with Gasteiger partial charge in [-0.1, -0.05) is 11.3 Å². The number of amides is 1. The average molecular weight is 433 g/mol. The largest absolute Gasteiger partial charge is 0.477 e. The van der Waals surface area contributed by atoms with E-state index in [1.165, 1.54) is 32.4 Å². The van der Waals surface area contributed by atoms with Gasteiger partial charge in [0.2, 0.25) is 0 Å². The molecule has 7 nitrogen and oxygen atoms in total. The smallest absolute Gasteiger partial charge is 0.345 e. The Hall–Kier alpha value is -1.63. The van der Waals surface area contributed by atoms with Gasteiger partial charge in [0.1, 0.15) is 4.88 Å². The number of nitrogens with one attached hydrogen (secondary N) is 1. The quantitative estimate of drug-likeness (QED) is 0.721. The molecule has 0 unspecified atom stereocenters. The summed E-state index contributed by atoms with van der Waals surface area (Å²) < 4.78 is 24.5. The SMILES string of the molecule is CNOC.CON(C)C(=O)c1ccc(F)s1.Cl.O=C(O)c1ccc(F)s1. The molecule has 12 heteroatoms. The molecule has 1 amide bonds. The lowest BCUT2D eigenvalue weighted by molar-refractivity contribution is -0.0753. The van der Waals surface area contributed by atoms with Gasteiger partial charge in [-0.2, -0.15) is 8.78 Å². The first-order chi connectivity index (χ1) is 11.8. The first kappa shape index (κ1) is 26.6. The molecule has 0 fully saturated rings. The van der Waals surface area contributed by atoms with Crippen molar-refractivity contribution >= 4 is 47.0 Å². The van der Waals surface area contributed by atoms with Gasteiger partial charge in [0.05, 0.1) is 19.1 Å². The molecule has 2 N–H and O–H groups in total. The Morgan fingerprint density at radius 2 is 1.50 bits per heavy atom. The third kappa shape index (κ3) is 10.4. The standard InChI is InChI=1S/C7H8FNO2S.C5H3FO2S.C2H7NO.ClH/c1-9(11-2)7(10)5-3-4-6(8)12-5;6-4-2-1-3(9-4)5(7)8;1-3-4-2;/h3-4H,1-2H3;1-2H,(H,7,8);3H,1-2H3;1H. The summed E-state index contributed by atoms with van der Waals surface area (Å²) in [5, 5.41) is 8.45. The third-order valence-corrected chi connectivity index (χ3v) is 4.06. The Morgan fingerprint density at radius 1 is 1.08 bits per heavy atom. The summed E-state index contributed by atoms with van der Waals surface area (Å²) in [6.45, 7) is 0. The minimum Gasteiger partial charge on any atom is -0.477 e. The highest BCUT2D eigenvalue weighted by Crippen LogP contribution is 2.15. The van der Waals surface area contributed by atoms with E-state index in [1.807, 2.05) is 0 Å². The zero-order chi connectivity index (χ0) is 19.4. The number of hydrogen-bond acceptors (Lipinski definition) is 7. The molecule has 148 valence electrons. The highest BCUT2D eigenvalue weighted by molar-refractivity contribution is 7.12. The molecule has 0 radical (unpaired) electrons. The summed E-state index contributed by atoms with van der Waals surface area (Å²) in [6, 6.07) is 5.05. The number of thiophene rings is 2.